The fraction of sp³-hybridized carbons (Fsp3) is 0.500. The van der Waals surface area contributed by atoms with Gasteiger partial charge >= 0.3 is 0 Å². The van der Waals surface area contributed by atoms with E-state index in [0.717, 1.165) is 71.0 Å². The molecule has 2 aromatic rings. The number of fused-ring (bicyclic) bond motifs is 1. The summed E-state index contributed by atoms with van der Waals surface area (Å²) in [5.74, 6) is 1.03. The van der Waals surface area contributed by atoms with Crippen LogP contribution in [-0.2, 0) is 13.0 Å². The van der Waals surface area contributed by atoms with Crippen molar-refractivity contribution in [3.05, 3.63) is 59.5 Å². The number of aromatic nitrogens is 1. The highest BCUT2D eigenvalue weighted by atomic mass is 19.1. The molecule has 1 unspecified atom stereocenters. The largest absolute Gasteiger partial charge is 0.357 e. The van der Waals surface area contributed by atoms with Gasteiger partial charge in [-0.3, -0.25) is 9.89 Å². The van der Waals surface area contributed by atoms with Crippen LogP contribution in [0.1, 0.15) is 30.9 Å². The number of aliphatic imine (C=N–C) groups is 1. The minimum absolute atomic E-state index is 0.234. The number of rotatable bonds is 7. The van der Waals surface area contributed by atoms with Gasteiger partial charge in [0, 0.05) is 58.1 Å². The molecule has 1 aromatic carbocycles. The molecule has 0 saturated carbocycles. The number of hydrogen-bond acceptors (Lipinski definition) is 4. The zero-order valence-corrected chi connectivity index (χ0v) is 18.4. The Morgan fingerprint density at radius 2 is 2.06 bits per heavy atom. The molecule has 1 aromatic heterocycles. The first-order chi connectivity index (χ1) is 15.2. The molecule has 1 fully saturated rings. The van der Waals surface area contributed by atoms with Crippen molar-refractivity contribution in [3.63, 3.8) is 0 Å². The van der Waals surface area contributed by atoms with Gasteiger partial charge in [0.2, 0.25) is 0 Å². The molecule has 2 aliphatic heterocycles. The van der Waals surface area contributed by atoms with Gasteiger partial charge in [-0.05, 0) is 49.4 Å². The highest BCUT2D eigenvalue weighted by Crippen LogP contribution is 2.21. The Kier molecular flexibility index (Phi) is 7.35. The lowest BCUT2D eigenvalue weighted by Gasteiger charge is -2.28. The molecule has 166 valence electrons. The standard InChI is InChI=1S/C24H33FN6/c1-2-26-24(29-21-11-16-31(18-21)23-22(25)9-5-12-27-23)28-13-6-14-30-15-10-19-7-3-4-8-20(19)17-30/h3-5,7-9,12,21H,2,6,10-11,13-18H2,1H3,(H2,26,28,29). The van der Waals surface area contributed by atoms with Gasteiger partial charge in [0.05, 0.1) is 0 Å². The minimum Gasteiger partial charge on any atom is -0.357 e. The molecule has 0 spiro atoms. The van der Waals surface area contributed by atoms with E-state index in [2.05, 4.69) is 51.7 Å². The van der Waals surface area contributed by atoms with Gasteiger partial charge in [-0.15, -0.1) is 0 Å². The molecule has 2 aliphatic rings. The Labute approximate surface area is 184 Å². The summed E-state index contributed by atoms with van der Waals surface area (Å²) in [6.45, 7) is 8.44. The van der Waals surface area contributed by atoms with Gasteiger partial charge in [0.1, 0.15) is 0 Å². The molecule has 3 heterocycles. The molecule has 6 nitrogen and oxygen atoms in total. The first-order valence-corrected chi connectivity index (χ1v) is 11.4. The molecular weight excluding hydrogens is 391 g/mol. The Hall–Kier alpha value is -2.67. The van der Waals surface area contributed by atoms with Crippen molar-refractivity contribution < 1.29 is 4.39 Å². The minimum atomic E-state index is -0.260. The molecule has 1 saturated heterocycles. The Morgan fingerprint density at radius 1 is 1.19 bits per heavy atom. The van der Waals surface area contributed by atoms with Crippen molar-refractivity contribution in [2.45, 2.75) is 38.8 Å². The number of guanidine groups is 1. The summed E-state index contributed by atoms with van der Waals surface area (Å²) >= 11 is 0. The van der Waals surface area contributed by atoms with E-state index in [-0.39, 0.29) is 11.9 Å². The second-order valence-corrected chi connectivity index (χ2v) is 8.29. The van der Waals surface area contributed by atoms with Gasteiger partial charge in [-0.25, -0.2) is 9.37 Å². The van der Waals surface area contributed by atoms with Crippen LogP contribution in [0.5, 0.6) is 0 Å². The van der Waals surface area contributed by atoms with Gasteiger partial charge < -0.3 is 15.5 Å². The lowest BCUT2D eigenvalue weighted by Crippen LogP contribution is -2.44. The van der Waals surface area contributed by atoms with Crippen molar-refractivity contribution >= 4 is 11.8 Å². The molecular formula is C24H33FN6. The summed E-state index contributed by atoms with van der Waals surface area (Å²) in [7, 11) is 0. The maximum absolute atomic E-state index is 14.0. The van der Waals surface area contributed by atoms with E-state index in [1.807, 2.05) is 4.90 Å². The third-order valence-corrected chi connectivity index (χ3v) is 6.02. The number of benzene rings is 1. The summed E-state index contributed by atoms with van der Waals surface area (Å²) in [5.41, 5.74) is 2.95. The maximum Gasteiger partial charge on any atom is 0.191 e. The Balaban J connectivity index is 1.24. The van der Waals surface area contributed by atoms with E-state index < -0.39 is 0 Å². The summed E-state index contributed by atoms with van der Waals surface area (Å²) in [6.07, 6.45) is 4.76. The van der Waals surface area contributed by atoms with E-state index in [9.17, 15) is 4.39 Å². The van der Waals surface area contributed by atoms with Crippen molar-refractivity contribution in [2.24, 2.45) is 4.99 Å². The average molecular weight is 425 g/mol. The summed E-state index contributed by atoms with van der Waals surface area (Å²) < 4.78 is 14.0. The fourth-order valence-corrected chi connectivity index (χ4v) is 4.42. The van der Waals surface area contributed by atoms with Crippen LogP contribution in [0.2, 0.25) is 0 Å². The van der Waals surface area contributed by atoms with Crippen LogP contribution in [0.3, 0.4) is 0 Å². The van der Waals surface area contributed by atoms with E-state index in [1.165, 1.54) is 17.2 Å². The van der Waals surface area contributed by atoms with Crippen molar-refractivity contribution in [2.75, 3.05) is 44.2 Å². The topological polar surface area (TPSA) is 55.8 Å². The zero-order valence-electron chi connectivity index (χ0n) is 18.4. The van der Waals surface area contributed by atoms with Crippen LogP contribution < -0.4 is 15.5 Å². The van der Waals surface area contributed by atoms with Crippen LogP contribution in [0.15, 0.2) is 47.6 Å². The summed E-state index contributed by atoms with van der Waals surface area (Å²) in [4.78, 5) is 13.5. The number of nitrogens with one attached hydrogen (secondary N) is 2. The number of pyridine rings is 1. The second kappa shape index (κ2) is 10.6. The third-order valence-electron chi connectivity index (χ3n) is 6.02. The van der Waals surface area contributed by atoms with Crippen LogP contribution in [-0.4, -0.2) is 61.2 Å². The van der Waals surface area contributed by atoms with E-state index in [0.29, 0.717) is 5.82 Å². The lowest BCUT2D eigenvalue weighted by molar-refractivity contribution is 0.252. The molecule has 2 N–H and O–H groups in total. The van der Waals surface area contributed by atoms with Gasteiger partial charge in [-0.1, -0.05) is 24.3 Å². The first kappa shape index (κ1) is 21.6. The quantitative estimate of drug-likeness (QED) is 0.407. The van der Waals surface area contributed by atoms with Crippen LogP contribution in [0.4, 0.5) is 10.2 Å². The van der Waals surface area contributed by atoms with Gasteiger partial charge in [-0.2, -0.15) is 0 Å². The first-order valence-electron chi connectivity index (χ1n) is 11.4. The summed E-state index contributed by atoms with van der Waals surface area (Å²) in [6, 6.07) is 12.1. The van der Waals surface area contributed by atoms with Crippen LogP contribution in [0, 0.1) is 5.82 Å². The summed E-state index contributed by atoms with van der Waals surface area (Å²) in [5, 5.41) is 6.86. The van der Waals surface area contributed by atoms with E-state index in [4.69, 9.17) is 4.99 Å². The van der Waals surface area contributed by atoms with Crippen molar-refractivity contribution in [1.29, 1.82) is 0 Å². The SMILES string of the molecule is CCNC(=NCCCN1CCc2ccccc2C1)NC1CCN(c2ncccc2F)C1. The van der Waals surface area contributed by atoms with E-state index in [1.54, 1.807) is 12.3 Å². The van der Waals surface area contributed by atoms with Gasteiger partial charge in [0.25, 0.3) is 0 Å². The van der Waals surface area contributed by atoms with Crippen LogP contribution in [0.25, 0.3) is 0 Å². The molecule has 31 heavy (non-hydrogen) atoms. The molecule has 0 radical (unpaired) electrons. The molecule has 0 bridgehead atoms. The predicted octanol–water partition coefficient (Wildman–Crippen LogP) is 2.80. The predicted molar refractivity (Wildman–Crippen MR) is 124 cm³/mol. The molecule has 0 amide bonds. The Bertz CT molecular complexity index is 886. The highest BCUT2D eigenvalue weighted by Gasteiger charge is 2.26. The molecule has 0 aliphatic carbocycles. The molecule has 7 heteroatoms. The van der Waals surface area contributed by atoms with Gasteiger partial charge in [0.15, 0.2) is 17.6 Å². The lowest BCUT2D eigenvalue weighted by atomic mass is 10.00. The molecule has 1 atom stereocenters. The average Bonchev–Trinajstić information content (AvgIpc) is 3.25. The number of anilines is 1. The Morgan fingerprint density at radius 3 is 2.90 bits per heavy atom. The smallest absolute Gasteiger partial charge is 0.191 e. The maximum atomic E-state index is 14.0. The number of nitrogens with zero attached hydrogens (tertiary/aromatic N) is 4. The van der Waals surface area contributed by atoms with Crippen molar-refractivity contribution in [1.82, 2.24) is 20.5 Å². The second-order valence-electron chi connectivity index (χ2n) is 8.29. The van der Waals surface area contributed by atoms with E-state index >= 15 is 0 Å². The number of hydrogen-bond donors (Lipinski definition) is 2. The number of halogens is 1. The highest BCUT2D eigenvalue weighted by molar-refractivity contribution is 5.80. The molecule has 4 rings (SSSR count). The third kappa shape index (κ3) is 5.73. The van der Waals surface area contributed by atoms with Crippen LogP contribution >= 0.6 is 0 Å². The normalized spacial score (nSPS) is 19.4. The van der Waals surface area contributed by atoms with Crippen molar-refractivity contribution in [3.8, 4) is 0 Å². The monoisotopic (exact) mass is 424 g/mol. The fourth-order valence-electron chi connectivity index (χ4n) is 4.42. The zero-order chi connectivity index (χ0) is 21.5.